The molecular weight excluding hydrogens is 390 g/mol. The van der Waals surface area contributed by atoms with Crippen LogP contribution in [0.4, 0.5) is 5.69 Å². The first kappa shape index (κ1) is 18.7. The number of anilines is 1. The van der Waals surface area contributed by atoms with E-state index in [4.69, 9.17) is 20.8 Å². The molecule has 1 aromatic heterocycles. The number of halogens is 1. The van der Waals surface area contributed by atoms with Crippen LogP contribution in [0.3, 0.4) is 0 Å². The number of rotatable bonds is 5. The summed E-state index contributed by atoms with van der Waals surface area (Å²) in [5, 5.41) is 11.4. The molecule has 0 fully saturated rings. The fourth-order valence-electron chi connectivity index (χ4n) is 2.78. The lowest BCUT2D eigenvalue weighted by atomic mass is 10.1. The molecule has 1 N–H and O–H groups in total. The number of carbonyl (C=O) groups is 1. The number of carbonyl (C=O) groups excluding carboxylic acids is 1. The predicted octanol–water partition coefficient (Wildman–Crippen LogP) is 5.32. The second-order valence-corrected chi connectivity index (χ2v) is 6.57. The summed E-state index contributed by atoms with van der Waals surface area (Å²) in [5.74, 6) is 1.02. The minimum atomic E-state index is -0.290. The average molecular weight is 406 g/mol. The fourth-order valence-corrected chi connectivity index (χ4v) is 3.04. The molecule has 7 heteroatoms. The van der Waals surface area contributed by atoms with Gasteiger partial charge in [0.25, 0.3) is 5.91 Å². The van der Waals surface area contributed by atoms with Crippen LogP contribution >= 0.6 is 11.6 Å². The highest BCUT2D eigenvalue weighted by molar-refractivity contribution is 6.32. The van der Waals surface area contributed by atoms with Crippen LogP contribution in [0.5, 0.6) is 5.75 Å². The molecule has 0 atom stereocenters. The van der Waals surface area contributed by atoms with E-state index in [1.165, 1.54) is 7.11 Å². The number of aromatic nitrogens is 2. The first-order valence-corrected chi connectivity index (χ1v) is 9.16. The van der Waals surface area contributed by atoms with E-state index in [2.05, 4.69) is 15.5 Å². The van der Waals surface area contributed by atoms with Crippen molar-refractivity contribution in [2.45, 2.75) is 0 Å². The zero-order valence-electron chi connectivity index (χ0n) is 15.4. The number of methoxy groups -OCH3 is 1. The lowest BCUT2D eigenvalue weighted by Gasteiger charge is -2.08. The topological polar surface area (TPSA) is 77.2 Å². The Bertz CT molecular complexity index is 1160. The van der Waals surface area contributed by atoms with Crippen molar-refractivity contribution in [3.63, 3.8) is 0 Å². The number of nitrogens with one attached hydrogen (secondary N) is 1. The summed E-state index contributed by atoms with van der Waals surface area (Å²) in [4.78, 5) is 12.5. The highest BCUT2D eigenvalue weighted by Gasteiger charge is 2.13. The first-order chi connectivity index (χ1) is 14.1. The van der Waals surface area contributed by atoms with Gasteiger partial charge in [0.1, 0.15) is 5.75 Å². The molecule has 1 amide bonds. The van der Waals surface area contributed by atoms with Gasteiger partial charge < -0.3 is 14.5 Å². The molecule has 0 spiro atoms. The van der Waals surface area contributed by atoms with Crippen LogP contribution in [-0.4, -0.2) is 23.2 Å². The Morgan fingerprint density at radius 2 is 1.66 bits per heavy atom. The van der Waals surface area contributed by atoms with Gasteiger partial charge in [-0.15, -0.1) is 10.2 Å². The van der Waals surface area contributed by atoms with E-state index in [1.54, 1.807) is 36.4 Å². The largest absolute Gasteiger partial charge is 0.495 e. The predicted molar refractivity (Wildman–Crippen MR) is 111 cm³/mol. The Balaban J connectivity index is 1.54. The van der Waals surface area contributed by atoms with E-state index in [1.807, 2.05) is 36.4 Å². The van der Waals surface area contributed by atoms with Gasteiger partial charge >= 0.3 is 0 Å². The molecule has 3 aromatic carbocycles. The third-order valence-electron chi connectivity index (χ3n) is 4.23. The molecule has 0 aliphatic rings. The van der Waals surface area contributed by atoms with Crippen molar-refractivity contribution in [2.24, 2.45) is 0 Å². The zero-order valence-corrected chi connectivity index (χ0v) is 16.2. The van der Waals surface area contributed by atoms with E-state index in [0.717, 1.165) is 5.56 Å². The van der Waals surface area contributed by atoms with E-state index in [-0.39, 0.29) is 5.91 Å². The summed E-state index contributed by atoms with van der Waals surface area (Å²) >= 11 is 6.10. The monoisotopic (exact) mass is 405 g/mol. The SMILES string of the molecule is COc1ccc(C(=O)Nc2cccc(-c3nnc(-c4ccccc4)o3)c2)cc1Cl. The van der Waals surface area contributed by atoms with Gasteiger partial charge in [-0.3, -0.25) is 4.79 Å². The number of ether oxygens (including phenoxy) is 1. The second kappa shape index (κ2) is 8.16. The average Bonchev–Trinajstić information content (AvgIpc) is 3.25. The smallest absolute Gasteiger partial charge is 0.255 e. The molecule has 4 aromatic rings. The summed E-state index contributed by atoms with van der Waals surface area (Å²) in [6, 6.07) is 21.6. The third-order valence-corrected chi connectivity index (χ3v) is 4.52. The quantitative estimate of drug-likeness (QED) is 0.486. The van der Waals surface area contributed by atoms with Crippen molar-refractivity contribution in [3.05, 3.63) is 83.4 Å². The van der Waals surface area contributed by atoms with E-state index in [0.29, 0.717) is 39.4 Å². The number of amides is 1. The molecule has 144 valence electrons. The minimum Gasteiger partial charge on any atom is -0.495 e. The lowest BCUT2D eigenvalue weighted by molar-refractivity contribution is 0.102. The van der Waals surface area contributed by atoms with Crippen molar-refractivity contribution in [1.82, 2.24) is 10.2 Å². The Labute approximate surface area is 172 Å². The molecule has 0 saturated carbocycles. The first-order valence-electron chi connectivity index (χ1n) is 8.78. The number of hydrogen-bond acceptors (Lipinski definition) is 5. The van der Waals surface area contributed by atoms with Crippen LogP contribution in [0.25, 0.3) is 22.9 Å². The normalized spacial score (nSPS) is 10.6. The summed E-state index contributed by atoms with van der Waals surface area (Å²) in [6.45, 7) is 0. The maximum absolute atomic E-state index is 12.5. The van der Waals surface area contributed by atoms with Gasteiger partial charge in [-0.25, -0.2) is 0 Å². The summed E-state index contributed by atoms with van der Waals surface area (Å²) in [7, 11) is 1.52. The van der Waals surface area contributed by atoms with Gasteiger partial charge in [-0.1, -0.05) is 35.9 Å². The zero-order chi connectivity index (χ0) is 20.2. The fraction of sp³-hybridized carbons (Fsp3) is 0.0455. The van der Waals surface area contributed by atoms with Crippen LogP contribution in [0.1, 0.15) is 10.4 Å². The summed E-state index contributed by atoms with van der Waals surface area (Å²) < 4.78 is 10.9. The van der Waals surface area contributed by atoms with Crippen molar-refractivity contribution in [2.75, 3.05) is 12.4 Å². The molecule has 0 bridgehead atoms. The van der Waals surface area contributed by atoms with Crippen LogP contribution in [0.2, 0.25) is 5.02 Å². The summed E-state index contributed by atoms with van der Waals surface area (Å²) in [5.41, 5.74) is 2.56. The van der Waals surface area contributed by atoms with Gasteiger partial charge in [0.05, 0.1) is 12.1 Å². The molecule has 0 unspecified atom stereocenters. The van der Waals surface area contributed by atoms with Crippen LogP contribution < -0.4 is 10.1 Å². The molecule has 29 heavy (non-hydrogen) atoms. The molecule has 6 nitrogen and oxygen atoms in total. The Hall–Kier alpha value is -3.64. The number of benzene rings is 3. The van der Waals surface area contributed by atoms with Crippen LogP contribution in [0, 0.1) is 0 Å². The van der Waals surface area contributed by atoms with Crippen molar-refractivity contribution in [3.8, 4) is 28.7 Å². The lowest BCUT2D eigenvalue weighted by Crippen LogP contribution is -2.11. The van der Waals surface area contributed by atoms with Gasteiger partial charge in [0, 0.05) is 22.4 Å². The number of nitrogens with zero attached hydrogens (tertiary/aromatic N) is 2. The third kappa shape index (κ3) is 4.12. The van der Waals surface area contributed by atoms with E-state index >= 15 is 0 Å². The molecular formula is C22H16ClN3O3. The van der Waals surface area contributed by atoms with E-state index < -0.39 is 0 Å². The van der Waals surface area contributed by atoms with Crippen molar-refractivity contribution >= 4 is 23.2 Å². The highest BCUT2D eigenvalue weighted by Crippen LogP contribution is 2.27. The molecule has 0 aliphatic carbocycles. The van der Waals surface area contributed by atoms with Gasteiger partial charge in [0.2, 0.25) is 11.8 Å². The van der Waals surface area contributed by atoms with E-state index in [9.17, 15) is 4.79 Å². The van der Waals surface area contributed by atoms with Gasteiger partial charge in [0.15, 0.2) is 0 Å². The molecule has 0 saturated heterocycles. The summed E-state index contributed by atoms with van der Waals surface area (Å²) in [6.07, 6.45) is 0. The number of hydrogen-bond donors (Lipinski definition) is 1. The molecule has 0 aliphatic heterocycles. The Kier molecular flexibility index (Phi) is 5.27. The van der Waals surface area contributed by atoms with Crippen LogP contribution in [-0.2, 0) is 0 Å². The highest BCUT2D eigenvalue weighted by atomic mass is 35.5. The van der Waals surface area contributed by atoms with Gasteiger partial charge in [-0.05, 0) is 48.5 Å². The van der Waals surface area contributed by atoms with Crippen molar-refractivity contribution < 1.29 is 13.9 Å². The van der Waals surface area contributed by atoms with Gasteiger partial charge in [-0.2, -0.15) is 0 Å². The van der Waals surface area contributed by atoms with Crippen molar-refractivity contribution in [1.29, 1.82) is 0 Å². The minimum absolute atomic E-state index is 0.290. The maximum atomic E-state index is 12.5. The molecule has 0 radical (unpaired) electrons. The second-order valence-electron chi connectivity index (χ2n) is 6.16. The standard InChI is InChI=1S/C22H16ClN3O3/c1-28-19-11-10-15(13-18(19)23)20(27)24-17-9-5-8-16(12-17)22-26-25-21(29-22)14-6-3-2-4-7-14/h2-13H,1H3,(H,24,27). The Morgan fingerprint density at radius 3 is 2.38 bits per heavy atom. The maximum Gasteiger partial charge on any atom is 0.255 e. The van der Waals surface area contributed by atoms with Crippen LogP contribution in [0.15, 0.2) is 77.2 Å². The molecule has 4 rings (SSSR count). The Morgan fingerprint density at radius 1 is 0.931 bits per heavy atom. The molecule has 1 heterocycles.